The third-order valence-electron chi connectivity index (χ3n) is 3.65. The Balaban J connectivity index is 1.78. The number of H-pyrrole nitrogens is 1. The van der Waals surface area contributed by atoms with Gasteiger partial charge < -0.3 is 15.4 Å². The third kappa shape index (κ3) is 3.30. The first kappa shape index (κ1) is 15.0. The number of hydrogen-bond acceptors (Lipinski definition) is 3. The minimum atomic E-state index is -1.23. The SMILES string of the molecule is O=C(NCc1cc(=O)[nH]c2ccccc12)[C@@H](O)c1ccccc1. The molecule has 1 amide bonds. The molecule has 3 aromatic rings. The number of rotatable bonds is 4. The number of aliphatic hydroxyl groups is 1. The Hall–Kier alpha value is -2.92. The van der Waals surface area contributed by atoms with Crippen LogP contribution in [0.25, 0.3) is 10.9 Å². The van der Waals surface area contributed by atoms with Gasteiger partial charge in [-0.3, -0.25) is 9.59 Å². The van der Waals surface area contributed by atoms with Gasteiger partial charge in [-0.2, -0.15) is 0 Å². The number of carbonyl (C=O) groups excluding carboxylic acids is 1. The van der Waals surface area contributed by atoms with E-state index in [1.807, 2.05) is 24.3 Å². The Labute approximate surface area is 132 Å². The molecule has 0 aliphatic rings. The van der Waals surface area contributed by atoms with Gasteiger partial charge in [-0.15, -0.1) is 0 Å². The Kier molecular flexibility index (Phi) is 4.21. The van der Waals surface area contributed by atoms with E-state index in [0.717, 1.165) is 5.39 Å². The van der Waals surface area contributed by atoms with Gasteiger partial charge in [0.1, 0.15) is 0 Å². The molecule has 2 aromatic carbocycles. The molecule has 0 fully saturated rings. The summed E-state index contributed by atoms with van der Waals surface area (Å²) in [6.07, 6.45) is -1.23. The molecule has 0 saturated heterocycles. The number of aromatic amines is 1. The molecule has 5 nitrogen and oxygen atoms in total. The average Bonchev–Trinajstić information content (AvgIpc) is 2.59. The standard InChI is InChI=1S/C18H16N2O3/c21-16-10-13(14-8-4-5-9-15(14)20-16)11-19-18(23)17(22)12-6-2-1-3-7-12/h1-10,17,22H,11H2,(H,19,23)(H,20,21)/t17-/m0/s1. The smallest absolute Gasteiger partial charge is 0.253 e. The summed E-state index contributed by atoms with van der Waals surface area (Å²) in [7, 11) is 0. The molecule has 0 radical (unpaired) electrons. The number of aliphatic hydroxyl groups excluding tert-OH is 1. The maximum atomic E-state index is 12.1. The van der Waals surface area contributed by atoms with Crippen LogP contribution in [-0.4, -0.2) is 16.0 Å². The summed E-state index contributed by atoms with van der Waals surface area (Å²) in [5.41, 5.74) is 1.73. The lowest BCUT2D eigenvalue weighted by Gasteiger charge is -2.12. The van der Waals surface area contributed by atoms with Crippen LogP contribution in [0.3, 0.4) is 0 Å². The fourth-order valence-corrected chi connectivity index (χ4v) is 2.49. The highest BCUT2D eigenvalue weighted by Crippen LogP contribution is 2.15. The molecule has 23 heavy (non-hydrogen) atoms. The lowest BCUT2D eigenvalue weighted by molar-refractivity contribution is -0.129. The second-order valence-corrected chi connectivity index (χ2v) is 5.24. The zero-order valence-corrected chi connectivity index (χ0v) is 12.3. The lowest BCUT2D eigenvalue weighted by atomic mass is 10.1. The topological polar surface area (TPSA) is 82.2 Å². The fraction of sp³-hybridized carbons (Fsp3) is 0.111. The normalized spacial score (nSPS) is 12.0. The minimum absolute atomic E-state index is 0.174. The molecule has 0 spiro atoms. The van der Waals surface area contributed by atoms with Crippen LogP contribution in [0, 0.1) is 0 Å². The first-order valence-electron chi connectivity index (χ1n) is 7.27. The number of pyridine rings is 1. The van der Waals surface area contributed by atoms with Crippen LogP contribution in [0.5, 0.6) is 0 Å². The van der Waals surface area contributed by atoms with Crippen molar-refractivity contribution in [2.24, 2.45) is 0 Å². The predicted molar refractivity (Wildman–Crippen MR) is 87.8 cm³/mol. The van der Waals surface area contributed by atoms with Crippen molar-refractivity contribution in [2.45, 2.75) is 12.6 Å². The first-order chi connectivity index (χ1) is 11.1. The van der Waals surface area contributed by atoms with Crippen molar-refractivity contribution >= 4 is 16.8 Å². The highest BCUT2D eigenvalue weighted by atomic mass is 16.3. The summed E-state index contributed by atoms with van der Waals surface area (Å²) >= 11 is 0. The van der Waals surface area contributed by atoms with Gasteiger partial charge in [0.05, 0.1) is 0 Å². The van der Waals surface area contributed by atoms with E-state index in [0.29, 0.717) is 16.6 Å². The molecule has 3 N–H and O–H groups in total. The second kappa shape index (κ2) is 6.46. The van der Waals surface area contributed by atoms with Crippen molar-refractivity contribution in [3.05, 3.63) is 82.1 Å². The van der Waals surface area contributed by atoms with Crippen molar-refractivity contribution in [2.75, 3.05) is 0 Å². The van der Waals surface area contributed by atoms with Crippen molar-refractivity contribution in [3.63, 3.8) is 0 Å². The van der Waals surface area contributed by atoms with E-state index >= 15 is 0 Å². The monoisotopic (exact) mass is 308 g/mol. The zero-order valence-electron chi connectivity index (χ0n) is 12.3. The van der Waals surface area contributed by atoms with E-state index in [-0.39, 0.29) is 12.1 Å². The van der Waals surface area contributed by atoms with E-state index in [9.17, 15) is 14.7 Å². The second-order valence-electron chi connectivity index (χ2n) is 5.24. The van der Waals surface area contributed by atoms with Gasteiger partial charge in [0.2, 0.25) is 5.56 Å². The van der Waals surface area contributed by atoms with Crippen LogP contribution in [0.2, 0.25) is 0 Å². The number of benzene rings is 2. The van der Waals surface area contributed by atoms with Crippen molar-refractivity contribution in [1.82, 2.24) is 10.3 Å². The van der Waals surface area contributed by atoms with E-state index in [4.69, 9.17) is 0 Å². The van der Waals surface area contributed by atoms with E-state index in [1.54, 1.807) is 30.3 Å². The first-order valence-corrected chi connectivity index (χ1v) is 7.27. The third-order valence-corrected chi connectivity index (χ3v) is 3.65. The number of amides is 1. The van der Waals surface area contributed by atoms with E-state index in [1.165, 1.54) is 6.07 Å². The quantitative estimate of drug-likeness (QED) is 0.688. The summed E-state index contributed by atoms with van der Waals surface area (Å²) in [5.74, 6) is -0.499. The molecular formula is C18H16N2O3. The average molecular weight is 308 g/mol. The highest BCUT2D eigenvalue weighted by molar-refractivity contribution is 5.84. The van der Waals surface area contributed by atoms with E-state index in [2.05, 4.69) is 10.3 Å². The predicted octanol–water partition coefficient (Wildman–Crippen LogP) is 1.88. The van der Waals surface area contributed by atoms with E-state index < -0.39 is 12.0 Å². The van der Waals surface area contributed by atoms with Crippen LogP contribution in [-0.2, 0) is 11.3 Å². The molecule has 5 heteroatoms. The molecule has 1 heterocycles. The minimum Gasteiger partial charge on any atom is -0.378 e. The Bertz CT molecular complexity index is 887. The molecule has 0 bridgehead atoms. The molecule has 0 aliphatic heterocycles. The number of fused-ring (bicyclic) bond motifs is 1. The number of aromatic nitrogens is 1. The highest BCUT2D eigenvalue weighted by Gasteiger charge is 2.16. The molecule has 0 saturated carbocycles. The summed E-state index contributed by atoms with van der Waals surface area (Å²) < 4.78 is 0. The molecule has 1 atom stereocenters. The van der Waals surface area contributed by atoms with Crippen molar-refractivity contribution in [1.29, 1.82) is 0 Å². The number of carbonyl (C=O) groups is 1. The molecular weight excluding hydrogens is 292 g/mol. The summed E-state index contributed by atoms with van der Waals surface area (Å²) in [4.78, 5) is 26.5. The summed E-state index contributed by atoms with van der Waals surface area (Å²) in [6.45, 7) is 0.174. The maximum Gasteiger partial charge on any atom is 0.253 e. The Morgan fingerprint density at radius 3 is 2.57 bits per heavy atom. The molecule has 0 aliphatic carbocycles. The van der Waals surface area contributed by atoms with Crippen LogP contribution in [0.4, 0.5) is 0 Å². The number of para-hydroxylation sites is 1. The summed E-state index contributed by atoms with van der Waals surface area (Å²) in [5, 5.41) is 13.6. The largest absolute Gasteiger partial charge is 0.378 e. The van der Waals surface area contributed by atoms with Gasteiger partial charge in [-0.05, 0) is 17.2 Å². The van der Waals surface area contributed by atoms with Gasteiger partial charge in [0.15, 0.2) is 6.10 Å². The Morgan fingerprint density at radius 2 is 1.78 bits per heavy atom. The summed E-state index contributed by atoms with van der Waals surface area (Å²) in [6, 6.07) is 17.5. The van der Waals surface area contributed by atoms with Crippen LogP contribution >= 0.6 is 0 Å². The van der Waals surface area contributed by atoms with Gasteiger partial charge in [0, 0.05) is 23.5 Å². The molecule has 1 aromatic heterocycles. The molecule has 0 unspecified atom stereocenters. The lowest BCUT2D eigenvalue weighted by Crippen LogP contribution is -2.29. The molecule has 3 rings (SSSR count). The molecule has 116 valence electrons. The van der Waals surface area contributed by atoms with Crippen molar-refractivity contribution < 1.29 is 9.90 Å². The number of nitrogens with one attached hydrogen (secondary N) is 2. The fourth-order valence-electron chi connectivity index (χ4n) is 2.49. The van der Waals surface area contributed by atoms with Gasteiger partial charge in [-0.1, -0.05) is 48.5 Å². The van der Waals surface area contributed by atoms with Crippen LogP contribution in [0.15, 0.2) is 65.5 Å². The zero-order chi connectivity index (χ0) is 16.2. The van der Waals surface area contributed by atoms with Gasteiger partial charge >= 0.3 is 0 Å². The maximum absolute atomic E-state index is 12.1. The van der Waals surface area contributed by atoms with Crippen LogP contribution < -0.4 is 10.9 Å². The number of hydrogen-bond donors (Lipinski definition) is 3. The Morgan fingerprint density at radius 1 is 1.09 bits per heavy atom. The van der Waals surface area contributed by atoms with Crippen molar-refractivity contribution in [3.8, 4) is 0 Å². The van der Waals surface area contributed by atoms with Gasteiger partial charge in [-0.25, -0.2) is 0 Å². The van der Waals surface area contributed by atoms with Gasteiger partial charge in [0.25, 0.3) is 5.91 Å². The van der Waals surface area contributed by atoms with Crippen LogP contribution in [0.1, 0.15) is 17.2 Å².